The van der Waals surface area contributed by atoms with Crippen LogP contribution in [0.15, 0.2) is 104 Å². The summed E-state index contributed by atoms with van der Waals surface area (Å²) in [7, 11) is 0. The normalized spacial score (nSPS) is 11.5. The Kier molecular flexibility index (Phi) is 7.51. The number of hydrogen-bond donors (Lipinski definition) is 0. The molecule has 0 saturated heterocycles. The minimum atomic E-state index is -0.560. The number of nitro groups is 1. The van der Waals surface area contributed by atoms with Crippen LogP contribution in [0, 0.1) is 10.1 Å². The molecule has 0 amide bonds. The van der Waals surface area contributed by atoms with E-state index in [0.717, 1.165) is 10.1 Å². The molecule has 0 unspecified atom stereocenters. The number of halogens is 3. The second kappa shape index (κ2) is 11.4. The lowest BCUT2D eigenvalue weighted by Gasteiger charge is -2.11. The predicted octanol–water partition coefficient (Wildman–Crippen LogP) is 8.25. The number of furan rings is 1. The number of para-hydroxylation sites is 2. The standard InChI is InChI=1S/C30H17BrCl2N4O5/c31-21-11-18(13-25(37(39)40)28(21)41-16-17-9-10-22(32)23(33)12-17)15-34-36-29(27-14-19-5-1-4-8-26(19)42-27)35-24-7-3-2-6-20(24)30(36)38/h1-15H,16H2. The number of nitrogens with zero attached hydrogens (tertiary/aromatic N) is 4. The largest absolute Gasteiger partial charge is 0.481 e. The lowest BCUT2D eigenvalue weighted by molar-refractivity contribution is -0.386. The molecular weight excluding hydrogens is 647 g/mol. The summed E-state index contributed by atoms with van der Waals surface area (Å²) in [4.78, 5) is 29.6. The Labute approximate surface area is 255 Å². The van der Waals surface area contributed by atoms with E-state index in [1.807, 2.05) is 24.3 Å². The van der Waals surface area contributed by atoms with E-state index in [-0.39, 0.29) is 23.9 Å². The quantitative estimate of drug-likeness (QED) is 0.0966. The number of hydrogen-bond acceptors (Lipinski definition) is 7. The van der Waals surface area contributed by atoms with Gasteiger partial charge in [-0.3, -0.25) is 14.9 Å². The van der Waals surface area contributed by atoms with Gasteiger partial charge in [0.25, 0.3) is 5.56 Å². The Hall–Kier alpha value is -4.51. The van der Waals surface area contributed by atoms with Crippen LogP contribution in [0.1, 0.15) is 11.1 Å². The third-order valence-electron chi connectivity index (χ3n) is 6.33. The third-order valence-corrected chi connectivity index (χ3v) is 7.66. The van der Waals surface area contributed by atoms with Gasteiger partial charge in [-0.15, -0.1) is 0 Å². The Morgan fingerprint density at radius 3 is 2.60 bits per heavy atom. The van der Waals surface area contributed by atoms with Crippen LogP contribution in [0.25, 0.3) is 33.5 Å². The number of nitro benzene ring substituents is 1. The molecule has 0 aliphatic heterocycles. The average molecular weight is 664 g/mol. The minimum Gasteiger partial charge on any atom is -0.481 e. The fourth-order valence-corrected chi connectivity index (χ4v) is 5.25. The van der Waals surface area contributed by atoms with Crippen molar-refractivity contribution in [2.75, 3.05) is 0 Å². The molecule has 6 aromatic rings. The fourth-order valence-electron chi connectivity index (χ4n) is 4.34. The molecular formula is C30H17BrCl2N4O5. The maximum atomic E-state index is 13.5. The Balaban J connectivity index is 1.40. The highest BCUT2D eigenvalue weighted by Crippen LogP contribution is 2.37. The van der Waals surface area contributed by atoms with E-state index in [9.17, 15) is 14.9 Å². The van der Waals surface area contributed by atoms with Crippen LogP contribution >= 0.6 is 39.1 Å². The number of fused-ring (bicyclic) bond motifs is 2. The lowest BCUT2D eigenvalue weighted by Crippen LogP contribution is -2.20. The summed E-state index contributed by atoms with van der Waals surface area (Å²) in [6, 6.07) is 24.0. The van der Waals surface area contributed by atoms with Gasteiger partial charge in [0.05, 0.1) is 36.6 Å². The zero-order valence-corrected chi connectivity index (χ0v) is 24.4. The molecule has 6 rings (SSSR count). The zero-order chi connectivity index (χ0) is 29.4. The number of aromatic nitrogens is 2. The van der Waals surface area contributed by atoms with Crippen LogP contribution in [-0.4, -0.2) is 20.8 Å². The molecule has 0 atom stereocenters. The number of ether oxygens (including phenoxy) is 1. The highest BCUT2D eigenvalue weighted by molar-refractivity contribution is 9.10. The first-order valence-electron chi connectivity index (χ1n) is 12.4. The van der Waals surface area contributed by atoms with Gasteiger partial charge in [-0.2, -0.15) is 9.78 Å². The van der Waals surface area contributed by atoms with Crippen molar-refractivity contribution in [3.63, 3.8) is 0 Å². The van der Waals surface area contributed by atoms with Crippen LogP contribution in [0.3, 0.4) is 0 Å². The molecule has 42 heavy (non-hydrogen) atoms. The molecule has 2 heterocycles. The van der Waals surface area contributed by atoms with Crippen molar-refractivity contribution in [1.82, 2.24) is 9.66 Å². The maximum Gasteiger partial charge on any atom is 0.312 e. The van der Waals surface area contributed by atoms with Crippen molar-refractivity contribution in [3.8, 4) is 17.3 Å². The van der Waals surface area contributed by atoms with Crippen molar-refractivity contribution >= 4 is 72.9 Å². The Morgan fingerprint density at radius 1 is 1.02 bits per heavy atom. The van der Waals surface area contributed by atoms with E-state index in [0.29, 0.717) is 47.9 Å². The zero-order valence-electron chi connectivity index (χ0n) is 21.3. The molecule has 208 valence electrons. The molecule has 0 N–H and O–H groups in total. The summed E-state index contributed by atoms with van der Waals surface area (Å²) in [6.45, 7) is 0.0166. The van der Waals surface area contributed by atoms with Crippen molar-refractivity contribution in [2.45, 2.75) is 6.61 Å². The van der Waals surface area contributed by atoms with Gasteiger partial charge in [-0.1, -0.05) is 59.6 Å². The van der Waals surface area contributed by atoms with E-state index in [1.165, 1.54) is 12.3 Å². The van der Waals surface area contributed by atoms with Crippen molar-refractivity contribution < 1.29 is 14.1 Å². The molecule has 0 aliphatic rings. The van der Waals surface area contributed by atoms with Crippen molar-refractivity contribution in [3.05, 3.63) is 131 Å². The van der Waals surface area contributed by atoms with Crippen LogP contribution in [-0.2, 0) is 6.61 Å². The monoisotopic (exact) mass is 662 g/mol. The maximum absolute atomic E-state index is 13.5. The predicted molar refractivity (Wildman–Crippen MR) is 166 cm³/mol. The minimum absolute atomic E-state index is 0.0166. The van der Waals surface area contributed by atoms with Crippen LogP contribution < -0.4 is 10.3 Å². The topological polar surface area (TPSA) is 113 Å². The summed E-state index contributed by atoms with van der Waals surface area (Å²) < 4.78 is 13.2. The van der Waals surface area contributed by atoms with E-state index < -0.39 is 10.5 Å². The molecule has 0 spiro atoms. The van der Waals surface area contributed by atoms with Gasteiger partial charge >= 0.3 is 5.69 Å². The van der Waals surface area contributed by atoms with E-state index in [4.69, 9.17) is 32.4 Å². The summed E-state index contributed by atoms with van der Waals surface area (Å²) in [5.41, 5.74) is 1.39. The van der Waals surface area contributed by atoms with E-state index >= 15 is 0 Å². The molecule has 0 fully saturated rings. The summed E-state index contributed by atoms with van der Waals surface area (Å²) >= 11 is 15.4. The first kappa shape index (κ1) is 27.6. The molecule has 0 bridgehead atoms. The highest BCUT2D eigenvalue weighted by Gasteiger charge is 2.21. The second-order valence-corrected chi connectivity index (χ2v) is 10.8. The number of benzene rings is 4. The number of rotatable bonds is 7. The van der Waals surface area contributed by atoms with Crippen molar-refractivity contribution in [1.29, 1.82) is 0 Å². The van der Waals surface area contributed by atoms with Crippen LogP contribution in [0.4, 0.5) is 5.69 Å². The van der Waals surface area contributed by atoms with Gasteiger partial charge in [0.1, 0.15) is 12.2 Å². The molecule has 0 saturated carbocycles. The van der Waals surface area contributed by atoms with E-state index in [1.54, 1.807) is 54.6 Å². The molecule has 4 aromatic carbocycles. The summed E-state index contributed by atoms with van der Waals surface area (Å²) in [6.07, 6.45) is 1.34. The van der Waals surface area contributed by atoms with Gasteiger partial charge in [0, 0.05) is 17.0 Å². The average Bonchev–Trinajstić information content (AvgIpc) is 3.42. The Morgan fingerprint density at radius 2 is 1.81 bits per heavy atom. The highest BCUT2D eigenvalue weighted by atomic mass is 79.9. The lowest BCUT2D eigenvalue weighted by atomic mass is 10.2. The van der Waals surface area contributed by atoms with Crippen molar-refractivity contribution in [2.24, 2.45) is 5.10 Å². The van der Waals surface area contributed by atoms with Crippen LogP contribution in [0.2, 0.25) is 10.0 Å². The van der Waals surface area contributed by atoms with Gasteiger partial charge in [-0.05, 0) is 64.0 Å². The molecule has 0 aliphatic carbocycles. The molecule has 12 heteroatoms. The smallest absolute Gasteiger partial charge is 0.312 e. The Bertz CT molecular complexity index is 2080. The van der Waals surface area contributed by atoms with Gasteiger partial charge in [0.2, 0.25) is 11.6 Å². The van der Waals surface area contributed by atoms with Gasteiger partial charge < -0.3 is 9.15 Å². The molecule has 0 radical (unpaired) electrons. The van der Waals surface area contributed by atoms with Gasteiger partial charge in [-0.25, -0.2) is 4.98 Å². The first-order chi connectivity index (χ1) is 20.3. The van der Waals surface area contributed by atoms with E-state index in [2.05, 4.69) is 26.0 Å². The van der Waals surface area contributed by atoms with Crippen LogP contribution in [0.5, 0.6) is 5.75 Å². The SMILES string of the molecule is O=c1c2ccccc2nc(-c2cc3ccccc3o2)n1N=Cc1cc(Br)c(OCc2ccc(Cl)c(Cl)c2)c([N+](=O)[O-])c1. The molecule has 2 aromatic heterocycles. The first-order valence-corrected chi connectivity index (χ1v) is 13.9. The summed E-state index contributed by atoms with van der Waals surface area (Å²) in [5.74, 6) is 0.548. The molecule has 9 nitrogen and oxygen atoms in total. The second-order valence-electron chi connectivity index (χ2n) is 9.11. The fraction of sp³-hybridized carbons (Fsp3) is 0.0333. The third kappa shape index (κ3) is 5.39. The van der Waals surface area contributed by atoms with Gasteiger partial charge in [0.15, 0.2) is 5.76 Å². The summed E-state index contributed by atoms with van der Waals surface area (Å²) in [5, 5.41) is 18.3.